The van der Waals surface area contributed by atoms with Gasteiger partial charge in [-0.05, 0) is 42.5 Å². The fourth-order valence-electron chi connectivity index (χ4n) is 5.16. The number of alkyl halides is 2. The minimum atomic E-state index is -2.93. The molecule has 1 aromatic carbocycles. The van der Waals surface area contributed by atoms with Crippen molar-refractivity contribution in [2.75, 3.05) is 0 Å². The number of hydrogen-bond donors (Lipinski definition) is 2. The quantitative estimate of drug-likeness (QED) is 0.363. The third-order valence-electron chi connectivity index (χ3n) is 6.90. The number of amides is 1. The topological polar surface area (TPSA) is 94.0 Å². The number of hydrogen-bond acceptors (Lipinski definition) is 7. The van der Waals surface area contributed by atoms with Crippen molar-refractivity contribution in [2.24, 2.45) is 5.92 Å². The van der Waals surface area contributed by atoms with E-state index in [9.17, 15) is 13.6 Å². The molecule has 0 unspecified atom stereocenters. The highest BCUT2D eigenvalue weighted by molar-refractivity contribution is 7.15. The number of nitrogens with one attached hydrogen (secondary N) is 2. The van der Waals surface area contributed by atoms with Gasteiger partial charge in [-0.15, -0.1) is 21.5 Å². The van der Waals surface area contributed by atoms with Crippen LogP contribution in [0.3, 0.4) is 0 Å². The number of benzene rings is 1. The van der Waals surface area contributed by atoms with Crippen molar-refractivity contribution in [2.45, 2.75) is 45.5 Å². The molecule has 0 spiro atoms. The van der Waals surface area contributed by atoms with E-state index in [0.717, 1.165) is 27.8 Å². The summed E-state index contributed by atoms with van der Waals surface area (Å²) < 4.78 is 31.1. The van der Waals surface area contributed by atoms with Gasteiger partial charge in [-0.1, -0.05) is 35.9 Å². The van der Waals surface area contributed by atoms with Crippen LogP contribution in [0, 0.1) is 12.8 Å². The maximum Gasteiger partial charge on any atom is 0.388 e. The summed E-state index contributed by atoms with van der Waals surface area (Å²) in [4.78, 5) is 18.2. The van der Waals surface area contributed by atoms with E-state index < -0.39 is 6.61 Å². The molecule has 0 bridgehead atoms. The van der Waals surface area contributed by atoms with Gasteiger partial charge in [0.05, 0.1) is 12.6 Å². The van der Waals surface area contributed by atoms with Crippen molar-refractivity contribution >= 4 is 28.8 Å². The van der Waals surface area contributed by atoms with Gasteiger partial charge < -0.3 is 10.1 Å². The van der Waals surface area contributed by atoms with Gasteiger partial charge in [0.25, 0.3) is 0 Å². The Bertz CT molecular complexity index is 1510. The third kappa shape index (κ3) is 4.55. The summed E-state index contributed by atoms with van der Waals surface area (Å²) in [6, 6.07) is 10.6. The smallest absolute Gasteiger partial charge is 0.388 e. The molecule has 0 fully saturated rings. The van der Waals surface area contributed by atoms with Crippen molar-refractivity contribution in [1.29, 1.82) is 0 Å². The highest BCUT2D eigenvalue weighted by Crippen LogP contribution is 2.46. The molecule has 2 aliphatic rings. The summed E-state index contributed by atoms with van der Waals surface area (Å²) in [6.07, 6.45) is 2.65. The van der Waals surface area contributed by atoms with Crippen molar-refractivity contribution in [3.63, 3.8) is 0 Å². The van der Waals surface area contributed by atoms with Crippen molar-refractivity contribution in [3.05, 3.63) is 86.4 Å². The maximum absolute atomic E-state index is 13.1. The zero-order valence-corrected chi connectivity index (χ0v) is 21.8. The molecule has 0 saturated carbocycles. The van der Waals surface area contributed by atoms with E-state index in [2.05, 4.69) is 35.1 Å². The van der Waals surface area contributed by atoms with Gasteiger partial charge >= 0.3 is 6.61 Å². The number of nitrogens with zero attached hydrogens (tertiary/aromatic N) is 4. The number of halogens is 3. The fourth-order valence-corrected chi connectivity index (χ4v) is 6.92. The Morgan fingerprint density at radius 3 is 2.87 bits per heavy atom. The van der Waals surface area contributed by atoms with Crippen LogP contribution in [0.5, 0.6) is 5.88 Å². The standard InChI is InChI=1S/C26H23ClF2N6O2S/c1-13-33-34-20-12-31-23(16-4-2-3-5-18(16)27)22-17-8-15(9-19(17)38-25(22)35(13)20)24(36)32-11-14-6-7-21(30-10-14)37-26(28)29/h2-7,10,15,23,26,31H,8-9,11-12H2,1H3,(H,32,36)/t15-,23-/m0/s1. The number of fused-ring (bicyclic) bond motifs is 5. The van der Waals surface area contributed by atoms with Crippen LogP contribution in [-0.4, -0.2) is 32.3 Å². The van der Waals surface area contributed by atoms with Crippen LogP contribution in [0.25, 0.3) is 5.00 Å². The largest absolute Gasteiger partial charge is 0.417 e. The molecule has 12 heteroatoms. The molecule has 3 aromatic heterocycles. The average molecular weight is 557 g/mol. The van der Waals surface area contributed by atoms with Gasteiger partial charge in [0.15, 0.2) is 5.82 Å². The first-order valence-electron chi connectivity index (χ1n) is 12.1. The van der Waals surface area contributed by atoms with E-state index in [0.29, 0.717) is 30.0 Å². The molecule has 1 aliphatic heterocycles. The van der Waals surface area contributed by atoms with E-state index in [1.807, 2.05) is 31.2 Å². The van der Waals surface area contributed by atoms with Crippen LogP contribution in [0.15, 0.2) is 42.6 Å². The van der Waals surface area contributed by atoms with E-state index >= 15 is 0 Å². The van der Waals surface area contributed by atoms with Gasteiger partial charge in [-0.3, -0.25) is 14.7 Å². The fraction of sp³-hybridized carbons (Fsp3) is 0.308. The molecule has 1 aliphatic carbocycles. The molecule has 8 nitrogen and oxygen atoms in total. The predicted octanol–water partition coefficient (Wildman–Crippen LogP) is 4.51. The van der Waals surface area contributed by atoms with Gasteiger partial charge in [0.2, 0.25) is 11.8 Å². The van der Waals surface area contributed by atoms with Crippen LogP contribution in [0.2, 0.25) is 5.02 Å². The van der Waals surface area contributed by atoms with Crippen molar-refractivity contribution in [1.82, 2.24) is 30.4 Å². The number of carbonyl (C=O) groups is 1. The number of aromatic nitrogens is 4. The highest BCUT2D eigenvalue weighted by Gasteiger charge is 2.38. The Balaban J connectivity index is 1.25. The average Bonchev–Trinajstić information content (AvgIpc) is 3.54. The van der Waals surface area contributed by atoms with Gasteiger partial charge in [0.1, 0.15) is 10.8 Å². The Labute approximate surface area is 226 Å². The molecular formula is C26H23ClF2N6O2S. The number of rotatable bonds is 6. The predicted molar refractivity (Wildman–Crippen MR) is 138 cm³/mol. The summed E-state index contributed by atoms with van der Waals surface area (Å²) in [5, 5.41) is 17.0. The zero-order valence-electron chi connectivity index (χ0n) is 20.2. The van der Waals surface area contributed by atoms with E-state index in [1.165, 1.54) is 22.7 Å². The molecule has 0 radical (unpaired) electrons. The molecule has 2 N–H and O–H groups in total. The zero-order chi connectivity index (χ0) is 26.4. The second kappa shape index (κ2) is 10.0. The molecule has 4 heterocycles. The molecule has 0 saturated heterocycles. The maximum atomic E-state index is 13.1. The molecule has 4 aromatic rings. The number of thiophene rings is 1. The highest BCUT2D eigenvalue weighted by atomic mass is 35.5. The Hall–Kier alpha value is -3.41. The minimum absolute atomic E-state index is 0.0629. The van der Waals surface area contributed by atoms with Crippen LogP contribution in [0.1, 0.15) is 44.8 Å². The van der Waals surface area contributed by atoms with Crippen LogP contribution < -0.4 is 15.4 Å². The SMILES string of the molecule is Cc1nnc2n1-c1sc3c(c1[C@H](c1ccccc1Cl)NC2)C[C@H](C(=O)NCc1ccc(OC(F)F)nc1)C3. The molecule has 196 valence electrons. The summed E-state index contributed by atoms with van der Waals surface area (Å²) in [7, 11) is 0. The molecule has 1 amide bonds. The number of aryl methyl sites for hydroxylation is 1. The molecule has 38 heavy (non-hydrogen) atoms. The van der Waals surface area contributed by atoms with Crippen LogP contribution in [-0.2, 0) is 30.7 Å². The Morgan fingerprint density at radius 2 is 2.11 bits per heavy atom. The summed E-state index contributed by atoms with van der Waals surface area (Å²) in [5.41, 5.74) is 3.96. The third-order valence-corrected chi connectivity index (χ3v) is 8.50. The number of ether oxygens (including phenoxy) is 1. The lowest BCUT2D eigenvalue weighted by Crippen LogP contribution is -2.31. The summed E-state index contributed by atoms with van der Waals surface area (Å²) in [5.74, 6) is 1.21. The van der Waals surface area contributed by atoms with Crippen LogP contribution >= 0.6 is 22.9 Å². The second-order valence-electron chi connectivity index (χ2n) is 9.26. The lowest BCUT2D eigenvalue weighted by molar-refractivity contribution is -0.124. The Morgan fingerprint density at radius 1 is 1.26 bits per heavy atom. The van der Waals surface area contributed by atoms with E-state index in [-0.39, 0.29) is 30.3 Å². The molecule has 6 rings (SSSR count). The molecular weight excluding hydrogens is 534 g/mol. The van der Waals surface area contributed by atoms with E-state index in [1.54, 1.807) is 17.4 Å². The summed E-state index contributed by atoms with van der Waals surface area (Å²) >= 11 is 8.32. The minimum Gasteiger partial charge on any atom is -0.417 e. The summed E-state index contributed by atoms with van der Waals surface area (Å²) in [6.45, 7) is -0.208. The monoisotopic (exact) mass is 556 g/mol. The van der Waals surface area contributed by atoms with E-state index in [4.69, 9.17) is 11.6 Å². The lowest BCUT2D eigenvalue weighted by atomic mass is 9.95. The first-order chi connectivity index (χ1) is 18.4. The molecule has 2 atom stereocenters. The number of pyridine rings is 1. The van der Waals surface area contributed by atoms with Gasteiger partial charge in [0, 0.05) is 40.2 Å². The van der Waals surface area contributed by atoms with Gasteiger partial charge in [-0.2, -0.15) is 8.78 Å². The first-order valence-corrected chi connectivity index (χ1v) is 13.3. The first kappa shape index (κ1) is 24.9. The van der Waals surface area contributed by atoms with Gasteiger partial charge in [-0.25, -0.2) is 4.98 Å². The second-order valence-corrected chi connectivity index (χ2v) is 10.8. The number of carbonyl (C=O) groups excluding carboxylic acids is 1. The lowest BCUT2D eigenvalue weighted by Gasteiger charge is -2.20. The Kier molecular flexibility index (Phi) is 6.58. The van der Waals surface area contributed by atoms with Crippen molar-refractivity contribution < 1.29 is 18.3 Å². The van der Waals surface area contributed by atoms with Crippen molar-refractivity contribution in [3.8, 4) is 10.9 Å². The normalized spacial score (nSPS) is 18.0. The van der Waals surface area contributed by atoms with Crippen LogP contribution in [0.4, 0.5) is 8.78 Å².